The molecule has 76 valence electrons. The maximum Gasteiger partial charge on any atom is 0.312 e. The third-order valence-corrected chi connectivity index (χ3v) is 1.60. The van der Waals surface area contributed by atoms with E-state index in [1.165, 1.54) is 0 Å². The first-order chi connectivity index (χ1) is 6.70. The van der Waals surface area contributed by atoms with E-state index in [1.54, 1.807) is 12.4 Å². The Bertz CT molecular complexity index is 314. The Morgan fingerprint density at radius 3 is 2.79 bits per heavy atom. The first kappa shape index (κ1) is 10.2. The summed E-state index contributed by atoms with van der Waals surface area (Å²) in [5, 5.41) is 5.49. The van der Waals surface area contributed by atoms with Crippen molar-refractivity contribution in [3.05, 3.63) is 18.1 Å². The fraction of sp³-hybridized carbons (Fsp3) is 0.375. The van der Waals surface area contributed by atoms with Gasteiger partial charge in [0.1, 0.15) is 5.82 Å². The normalized spacial score (nSPS) is 9.50. The first-order valence-electron chi connectivity index (χ1n) is 4.25. The highest BCUT2D eigenvalue weighted by Crippen LogP contribution is 2.04. The second kappa shape index (κ2) is 5.00. The number of carbonyl (C=O) groups excluding carboxylic acids is 1. The van der Waals surface area contributed by atoms with E-state index >= 15 is 0 Å². The van der Waals surface area contributed by atoms with Gasteiger partial charge >= 0.3 is 6.03 Å². The fourth-order valence-corrected chi connectivity index (χ4v) is 0.948. The molecule has 0 spiro atoms. The maximum atomic E-state index is 10.3. The van der Waals surface area contributed by atoms with Gasteiger partial charge in [0.25, 0.3) is 0 Å². The number of nitrogens with zero attached hydrogens (tertiary/aromatic N) is 2. The number of anilines is 1. The zero-order valence-corrected chi connectivity index (χ0v) is 7.95. The summed E-state index contributed by atoms with van der Waals surface area (Å²) in [6, 6.07) is -0.525. The molecule has 14 heavy (non-hydrogen) atoms. The second-order valence-corrected chi connectivity index (χ2v) is 2.71. The van der Waals surface area contributed by atoms with Crippen LogP contribution in [0.2, 0.25) is 0 Å². The molecular weight excluding hydrogens is 182 g/mol. The third kappa shape index (κ3) is 3.26. The number of nitrogens with two attached hydrogens (primary N) is 1. The van der Waals surface area contributed by atoms with Crippen molar-refractivity contribution in [2.75, 3.05) is 18.4 Å². The summed E-state index contributed by atoms with van der Waals surface area (Å²) in [5.41, 5.74) is 5.72. The molecule has 0 saturated carbocycles. The molecule has 0 aliphatic carbocycles. The van der Waals surface area contributed by atoms with Crippen LogP contribution in [0.15, 0.2) is 12.4 Å². The van der Waals surface area contributed by atoms with Gasteiger partial charge in [-0.05, 0) is 6.92 Å². The summed E-state index contributed by atoms with van der Waals surface area (Å²) < 4.78 is 0. The Morgan fingerprint density at radius 1 is 1.43 bits per heavy atom. The van der Waals surface area contributed by atoms with Crippen LogP contribution in [0, 0.1) is 6.92 Å². The lowest BCUT2D eigenvalue weighted by atomic mass is 10.4. The number of hydrogen-bond acceptors (Lipinski definition) is 4. The van der Waals surface area contributed by atoms with Gasteiger partial charge in [-0.1, -0.05) is 0 Å². The van der Waals surface area contributed by atoms with Crippen molar-refractivity contribution in [1.82, 2.24) is 15.3 Å². The summed E-state index contributed by atoms with van der Waals surface area (Å²) in [4.78, 5) is 18.5. The quantitative estimate of drug-likeness (QED) is 0.583. The van der Waals surface area contributed by atoms with E-state index in [4.69, 9.17) is 5.73 Å². The highest BCUT2D eigenvalue weighted by Gasteiger charge is 1.97. The van der Waals surface area contributed by atoms with Crippen molar-refractivity contribution in [1.29, 1.82) is 0 Å². The van der Waals surface area contributed by atoms with Crippen molar-refractivity contribution in [3.8, 4) is 0 Å². The van der Waals surface area contributed by atoms with Gasteiger partial charge in [-0.15, -0.1) is 0 Å². The molecule has 0 aliphatic rings. The zero-order valence-electron chi connectivity index (χ0n) is 7.95. The number of aromatic nitrogens is 2. The number of rotatable bonds is 4. The molecule has 0 aliphatic heterocycles. The van der Waals surface area contributed by atoms with Crippen LogP contribution >= 0.6 is 0 Å². The smallest absolute Gasteiger partial charge is 0.312 e. The van der Waals surface area contributed by atoms with Crippen LogP contribution in [0.25, 0.3) is 0 Å². The van der Waals surface area contributed by atoms with Crippen molar-refractivity contribution < 1.29 is 4.79 Å². The van der Waals surface area contributed by atoms with Gasteiger partial charge in [0.2, 0.25) is 0 Å². The molecule has 1 aromatic heterocycles. The Hall–Kier alpha value is -1.85. The highest BCUT2D eigenvalue weighted by atomic mass is 16.2. The van der Waals surface area contributed by atoms with Crippen LogP contribution in [0.5, 0.6) is 0 Å². The van der Waals surface area contributed by atoms with Crippen molar-refractivity contribution in [2.45, 2.75) is 6.92 Å². The van der Waals surface area contributed by atoms with Gasteiger partial charge in [0, 0.05) is 25.5 Å². The van der Waals surface area contributed by atoms with E-state index in [2.05, 4.69) is 20.6 Å². The zero-order chi connectivity index (χ0) is 10.4. The minimum Gasteiger partial charge on any atom is -0.367 e. The van der Waals surface area contributed by atoms with Crippen molar-refractivity contribution in [2.24, 2.45) is 5.73 Å². The molecule has 6 heteroatoms. The van der Waals surface area contributed by atoms with E-state index in [0.29, 0.717) is 13.1 Å². The molecule has 0 radical (unpaired) electrons. The number of amides is 2. The molecular formula is C8H13N5O. The van der Waals surface area contributed by atoms with Crippen LogP contribution in [0.3, 0.4) is 0 Å². The minimum absolute atomic E-state index is 0.464. The molecule has 4 N–H and O–H groups in total. The molecule has 1 heterocycles. The number of carbonyl (C=O) groups is 1. The van der Waals surface area contributed by atoms with Gasteiger partial charge < -0.3 is 16.4 Å². The summed E-state index contributed by atoms with van der Waals surface area (Å²) in [5.74, 6) is 0.721. The summed E-state index contributed by atoms with van der Waals surface area (Å²) in [7, 11) is 0. The van der Waals surface area contributed by atoms with Crippen molar-refractivity contribution >= 4 is 11.8 Å². The topological polar surface area (TPSA) is 92.9 Å². The van der Waals surface area contributed by atoms with Gasteiger partial charge in [-0.25, -0.2) is 9.78 Å². The lowest BCUT2D eigenvalue weighted by Gasteiger charge is -2.06. The van der Waals surface area contributed by atoms with E-state index in [9.17, 15) is 4.79 Å². The molecule has 0 fully saturated rings. The number of urea groups is 1. The Labute approximate surface area is 81.9 Å². The molecule has 0 bridgehead atoms. The predicted molar refractivity (Wildman–Crippen MR) is 52.8 cm³/mol. The molecule has 0 atom stereocenters. The van der Waals surface area contributed by atoms with Crippen LogP contribution in [-0.4, -0.2) is 29.1 Å². The summed E-state index contributed by atoms with van der Waals surface area (Å²) >= 11 is 0. The summed E-state index contributed by atoms with van der Waals surface area (Å²) in [6.45, 7) is 2.89. The fourth-order valence-electron chi connectivity index (χ4n) is 0.948. The van der Waals surface area contributed by atoms with E-state index in [1.807, 2.05) is 6.92 Å². The average Bonchev–Trinajstić information content (AvgIpc) is 2.15. The summed E-state index contributed by atoms with van der Waals surface area (Å²) in [6.07, 6.45) is 3.24. The molecule has 1 aromatic rings. The third-order valence-electron chi connectivity index (χ3n) is 1.60. The van der Waals surface area contributed by atoms with Gasteiger partial charge in [0.05, 0.1) is 5.69 Å². The van der Waals surface area contributed by atoms with Crippen LogP contribution in [0.4, 0.5) is 10.6 Å². The largest absolute Gasteiger partial charge is 0.367 e. The maximum absolute atomic E-state index is 10.3. The molecule has 0 saturated heterocycles. The van der Waals surface area contributed by atoms with Crippen LogP contribution in [-0.2, 0) is 0 Å². The minimum atomic E-state index is -0.525. The molecule has 2 amide bonds. The Balaban J connectivity index is 2.31. The van der Waals surface area contributed by atoms with Crippen LogP contribution in [0.1, 0.15) is 5.69 Å². The molecule has 1 rings (SSSR count). The number of aryl methyl sites for hydroxylation is 1. The predicted octanol–water partition coefficient (Wildman–Crippen LogP) is -0.135. The number of nitrogens with one attached hydrogen (secondary N) is 2. The van der Waals surface area contributed by atoms with E-state index in [-0.39, 0.29) is 0 Å². The van der Waals surface area contributed by atoms with Crippen molar-refractivity contribution in [3.63, 3.8) is 0 Å². The van der Waals surface area contributed by atoms with Crippen LogP contribution < -0.4 is 16.4 Å². The van der Waals surface area contributed by atoms with Gasteiger partial charge in [-0.3, -0.25) is 4.98 Å². The van der Waals surface area contributed by atoms with E-state index in [0.717, 1.165) is 11.5 Å². The number of primary amides is 1. The lowest BCUT2D eigenvalue weighted by molar-refractivity contribution is 0.249. The average molecular weight is 195 g/mol. The van der Waals surface area contributed by atoms with E-state index < -0.39 is 6.03 Å². The molecule has 0 unspecified atom stereocenters. The Morgan fingerprint density at radius 2 is 2.14 bits per heavy atom. The standard InChI is InChI=1S/C8H13N5O/c1-6-7(11-3-2-10-6)12-4-5-13-8(9)14/h2-3H,4-5H2,1H3,(H,11,12)(H3,9,13,14). The van der Waals surface area contributed by atoms with Gasteiger partial charge in [-0.2, -0.15) is 0 Å². The highest BCUT2D eigenvalue weighted by molar-refractivity contribution is 5.71. The van der Waals surface area contributed by atoms with Gasteiger partial charge in [0.15, 0.2) is 0 Å². The monoisotopic (exact) mass is 195 g/mol. The molecule has 0 aromatic carbocycles. The number of hydrogen-bond donors (Lipinski definition) is 3. The Kier molecular flexibility index (Phi) is 3.66. The lowest BCUT2D eigenvalue weighted by Crippen LogP contribution is -2.33. The first-order valence-corrected chi connectivity index (χ1v) is 4.25. The molecule has 6 nitrogen and oxygen atoms in total. The second-order valence-electron chi connectivity index (χ2n) is 2.71. The SMILES string of the molecule is Cc1nccnc1NCCNC(N)=O.